The number of aryl methyl sites for hydroxylation is 4. The van der Waals surface area contributed by atoms with Crippen LogP contribution < -0.4 is 5.32 Å². The summed E-state index contributed by atoms with van der Waals surface area (Å²) >= 11 is 0. The Kier molecular flexibility index (Phi) is 3.74. The molecule has 100 valence electrons. The molecule has 2 rings (SSSR count). The first kappa shape index (κ1) is 13.4. The Morgan fingerprint density at radius 2 is 1.84 bits per heavy atom. The van der Waals surface area contributed by atoms with Crippen molar-refractivity contribution in [3.8, 4) is 0 Å². The van der Waals surface area contributed by atoms with Crippen molar-refractivity contribution >= 4 is 5.91 Å². The lowest BCUT2D eigenvalue weighted by Crippen LogP contribution is -2.25. The number of nitrogens with one attached hydrogen (secondary N) is 1. The average Bonchev–Trinajstić information content (AvgIpc) is 2.73. The molecule has 0 fully saturated rings. The Balaban J connectivity index is 2.12. The van der Waals surface area contributed by atoms with Crippen molar-refractivity contribution in [2.75, 3.05) is 0 Å². The normalized spacial score (nSPS) is 10.5. The van der Waals surface area contributed by atoms with Crippen molar-refractivity contribution < 1.29 is 4.79 Å². The van der Waals surface area contributed by atoms with Crippen LogP contribution in [0.3, 0.4) is 0 Å². The van der Waals surface area contributed by atoms with Crippen LogP contribution >= 0.6 is 0 Å². The van der Waals surface area contributed by atoms with Gasteiger partial charge in [0.2, 0.25) is 0 Å². The third kappa shape index (κ3) is 2.87. The van der Waals surface area contributed by atoms with Crippen molar-refractivity contribution in [3.63, 3.8) is 0 Å². The number of rotatable bonds is 3. The van der Waals surface area contributed by atoms with Gasteiger partial charge in [0.05, 0.1) is 0 Å². The molecule has 3 nitrogen and oxygen atoms in total. The van der Waals surface area contributed by atoms with E-state index in [0.717, 1.165) is 0 Å². The summed E-state index contributed by atoms with van der Waals surface area (Å²) in [6.07, 6.45) is 1.87. The molecule has 0 spiro atoms. The fourth-order valence-corrected chi connectivity index (χ4v) is 2.44. The molecule has 3 heteroatoms. The summed E-state index contributed by atoms with van der Waals surface area (Å²) in [6.45, 7) is 6.84. The van der Waals surface area contributed by atoms with Gasteiger partial charge in [-0.2, -0.15) is 0 Å². The van der Waals surface area contributed by atoms with Gasteiger partial charge in [0, 0.05) is 19.8 Å². The molecule has 0 aliphatic carbocycles. The Hall–Kier alpha value is -2.03. The van der Waals surface area contributed by atoms with Gasteiger partial charge in [-0.05, 0) is 49.6 Å². The summed E-state index contributed by atoms with van der Waals surface area (Å²) < 4.78 is 1.82. The van der Waals surface area contributed by atoms with E-state index in [1.807, 2.05) is 29.9 Å². The zero-order valence-electron chi connectivity index (χ0n) is 11.9. The molecule has 0 aliphatic rings. The number of carbonyl (C=O) groups is 1. The summed E-state index contributed by atoms with van der Waals surface area (Å²) in [6, 6.07) is 8.00. The van der Waals surface area contributed by atoms with E-state index in [2.05, 4.69) is 38.2 Å². The standard InChI is InChI=1S/C16H20N2O/c1-11-8-12(2)14(13(3)9-11)10-17-16(19)15-6-5-7-18(15)4/h5-9H,10H2,1-4H3,(H,17,19). The molecule has 2 aromatic rings. The van der Waals surface area contributed by atoms with Gasteiger partial charge in [-0.15, -0.1) is 0 Å². The Bertz CT molecular complexity index is 588. The number of amides is 1. The van der Waals surface area contributed by atoms with Gasteiger partial charge in [-0.25, -0.2) is 0 Å². The molecule has 0 atom stereocenters. The second-order valence-corrected chi connectivity index (χ2v) is 5.06. The van der Waals surface area contributed by atoms with Crippen LogP contribution in [0.25, 0.3) is 0 Å². The van der Waals surface area contributed by atoms with E-state index in [9.17, 15) is 4.79 Å². The highest BCUT2D eigenvalue weighted by atomic mass is 16.1. The number of nitrogens with zero attached hydrogens (tertiary/aromatic N) is 1. The SMILES string of the molecule is Cc1cc(C)c(CNC(=O)c2cccn2C)c(C)c1. The highest BCUT2D eigenvalue weighted by molar-refractivity contribution is 5.92. The van der Waals surface area contributed by atoms with Gasteiger partial charge in [0.15, 0.2) is 0 Å². The van der Waals surface area contributed by atoms with Crippen molar-refractivity contribution in [2.24, 2.45) is 7.05 Å². The molecule has 1 heterocycles. The smallest absolute Gasteiger partial charge is 0.268 e. The maximum absolute atomic E-state index is 12.1. The molecule has 1 N–H and O–H groups in total. The molecule has 1 aromatic carbocycles. The predicted octanol–water partition coefficient (Wildman–Crippen LogP) is 2.88. The van der Waals surface area contributed by atoms with E-state index in [0.29, 0.717) is 12.2 Å². The zero-order valence-corrected chi connectivity index (χ0v) is 11.9. The first-order chi connectivity index (χ1) is 8.99. The number of benzene rings is 1. The monoisotopic (exact) mass is 256 g/mol. The Morgan fingerprint density at radius 3 is 2.37 bits per heavy atom. The van der Waals surface area contributed by atoms with Gasteiger partial charge >= 0.3 is 0 Å². The van der Waals surface area contributed by atoms with Crippen LogP contribution in [0.1, 0.15) is 32.7 Å². The third-order valence-electron chi connectivity index (χ3n) is 3.44. The molecule has 0 radical (unpaired) electrons. The summed E-state index contributed by atoms with van der Waals surface area (Å²) in [4.78, 5) is 12.1. The van der Waals surface area contributed by atoms with Crippen molar-refractivity contribution in [3.05, 3.63) is 58.4 Å². The quantitative estimate of drug-likeness (QED) is 0.900. The summed E-state index contributed by atoms with van der Waals surface area (Å²) in [5.74, 6) is -0.0353. The molecule has 1 aromatic heterocycles. The number of hydrogen-bond acceptors (Lipinski definition) is 1. The molecule has 0 saturated heterocycles. The lowest BCUT2D eigenvalue weighted by Gasteiger charge is -2.12. The zero-order chi connectivity index (χ0) is 14.0. The van der Waals surface area contributed by atoms with Gasteiger partial charge in [-0.3, -0.25) is 4.79 Å². The summed E-state index contributed by atoms with van der Waals surface area (Å²) in [5.41, 5.74) is 5.59. The van der Waals surface area contributed by atoms with Crippen LogP contribution in [0.15, 0.2) is 30.5 Å². The Morgan fingerprint density at radius 1 is 1.21 bits per heavy atom. The highest BCUT2D eigenvalue weighted by Crippen LogP contribution is 2.16. The van der Waals surface area contributed by atoms with Crippen LogP contribution in [-0.4, -0.2) is 10.5 Å². The first-order valence-electron chi connectivity index (χ1n) is 6.45. The molecular weight excluding hydrogens is 236 g/mol. The van der Waals surface area contributed by atoms with Crippen LogP contribution in [0.4, 0.5) is 0 Å². The van der Waals surface area contributed by atoms with Crippen LogP contribution in [0.2, 0.25) is 0 Å². The van der Waals surface area contributed by atoms with Gasteiger partial charge < -0.3 is 9.88 Å². The molecule has 0 aliphatic heterocycles. The second kappa shape index (κ2) is 5.31. The Labute approximate surface area is 114 Å². The summed E-state index contributed by atoms with van der Waals surface area (Å²) in [7, 11) is 1.87. The minimum atomic E-state index is -0.0353. The molecule has 1 amide bonds. The van der Waals surface area contributed by atoms with E-state index >= 15 is 0 Å². The maximum Gasteiger partial charge on any atom is 0.268 e. The first-order valence-corrected chi connectivity index (χ1v) is 6.45. The minimum Gasteiger partial charge on any atom is -0.347 e. The van der Waals surface area contributed by atoms with Gasteiger partial charge in [0.1, 0.15) is 5.69 Å². The van der Waals surface area contributed by atoms with Crippen molar-refractivity contribution in [2.45, 2.75) is 27.3 Å². The van der Waals surface area contributed by atoms with E-state index < -0.39 is 0 Å². The predicted molar refractivity (Wildman–Crippen MR) is 77.2 cm³/mol. The second-order valence-electron chi connectivity index (χ2n) is 5.06. The van der Waals surface area contributed by atoms with E-state index in [-0.39, 0.29) is 5.91 Å². The molecule has 0 unspecified atom stereocenters. The molecule has 0 saturated carbocycles. The van der Waals surface area contributed by atoms with Crippen LogP contribution in [0.5, 0.6) is 0 Å². The van der Waals surface area contributed by atoms with E-state index in [1.165, 1.54) is 22.3 Å². The van der Waals surface area contributed by atoms with E-state index in [1.54, 1.807) is 0 Å². The van der Waals surface area contributed by atoms with Crippen molar-refractivity contribution in [1.82, 2.24) is 9.88 Å². The van der Waals surface area contributed by atoms with Crippen LogP contribution in [0, 0.1) is 20.8 Å². The van der Waals surface area contributed by atoms with Crippen LogP contribution in [-0.2, 0) is 13.6 Å². The van der Waals surface area contributed by atoms with E-state index in [4.69, 9.17) is 0 Å². The fraction of sp³-hybridized carbons (Fsp3) is 0.312. The number of carbonyl (C=O) groups excluding carboxylic acids is 1. The minimum absolute atomic E-state index is 0.0353. The molecule has 0 bridgehead atoms. The number of aromatic nitrogens is 1. The summed E-state index contributed by atoms with van der Waals surface area (Å²) in [5, 5.41) is 2.98. The lowest BCUT2D eigenvalue weighted by atomic mass is 10.00. The lowest BCUT2D eigenvalue weighted by molar-refractivity contribution is 0.0942. The third-order valence-corrected chi connectivity index (χ3v) is 3.44. The molecule has 19 heavy (non-hydrogen) atoms. The highest BCUT2D eigenvalue weighted by Gasteiger charge is 2.10. The van der Waals surface area contributed by atoms with Gasteiger partial charge in [-0.1, -0.05) is 17.7 Å². The largest absolute Gasteiger partial charge is 0.347 e. The van der Waals surface area contributed by atoms with Crippen molar-refractivity contribution in [1.29, 1.82) is 0 Å². The maximum atomic E-state index is 12.1. The van der Waals surface area contributed by atoms with Gasteiger partial charge in [0.25, 0.3) is 5.91 Å². The average molecular weight is 256 g/mol. The molecular formula is C16H20N2O. The number of hydrogen-bond donors (Lipinski definition) is 1. The fourth-order valence-electron chi connectivity index (χ4n) is 2.44. The topological polar surface area (TPSA) is 34.0 Å².